The first-order valence-corrected chi connectivity index (χ1v) is 46.5. The Kier molecular flexibility index (Phi) is 69.9. The molecule has 2 amide bonds. The molecular weight excluding hydrogens is 1320 g/mol. The van der Waals surface area contributed by atoms with E-state index in [4.69, 9.17) is 8.37 Å². The topological polar surface area (TPSA) is 206 Å². The molecule has 5 unspecified atom stereocenters. The van der Waals surface area contributed by atoms with Crippen LogP contribution in [0, 0.1) is 0 Å². The number of unbranched alkanes of at least 4 members (excludes halogenated alkanes) is 54. The lowest BCUT2D eigenvalue weighted by Gasteiger charge is -2.46. The fourth-order valence-corrected chi connectivity index (χ4v) is 16.0. The third-order valence-corrected chi connectivity index (χ3v) is 22.6. The molecule has 5 atom stereocenters. The second-order valence-corrected chi connectivity index (χ2v) is 33.0. The molecule has 2 rings (SSSR count). The van der Waals surface area contributed by atoms with Crippen LogP contribution >= 0.6 is 0 Å². The van der Waals surface area contributed by atoms with E-state index in [1.54, 1.807) is 24.5 Å². The molecule has 2 heterocycles. The summed E-state index contributed by atoms with van der Waals surface area (Å²) in [6.07, 6.45) is 81.0. The third kappa shape index (κ3) is 59.6. The highest BCUT2D eigenvalue weighted by atomic mass is 32.3. The highest BCUT2D eigenvalue weighted by Crippen LogP contribution is 2.35. The predicted molar refractivity (Wildman–Crippen MR) is 436 cm³/mol. The van der Waals surface area contributed by atoms with E-state index in [9.17, 15) is 31.0 Å². The summed E-state index contributed by atoms with van der Waals surface area (Å²) < 4.78 is 73.3. The van der Waals surface area contributed by atoms with Gasteiger partial charge < -0.3 is 20.4 Å². The van der Waals surface area contributed by atoms with Crippen molar-refractivity contribution in [3.63, 3.8) is 0 Å². The normalized spacial score (nSPS) is 14.8. The van der Waals surface area contributed by atoms with Gasteiger partial charge in [-0.1, -0.05) is 401 Å². The average molecular weight is 1490 g/mol. The Morgan fingerprint density at radius 2 is 0.676 bits per heavy atom. The molecule has 3 N–H and O–H groups in total. The van der Waals surface area contributed by atoms with Crippen LogP contribution in [-0.4, -0.2) is 119 Å². The molecule has 16 nitrogen and oxygen atoms in total. The minimum absolute atomic E-state index is 0.0928. The van der Waals surface area contributed by atoms with Gasteiger partial charge in [0.05, 0.1) is 51.0 Å². The zero-order valence-electron chi connectivity index (χ0n) is 68.4. The molecule has 0 aromatic rings. The van der Waals surface area contributed by atoms with E-state index < -0.39 is 44.7 Å². The summed E-state index contributed by atoms with van der Waals surface area (Å²) in [5.41, 5.74) is -1.31. The Balaban J connectivity index is 0.00000174. The number of amides is 2. The Labute approximate surface area is 632 Å². The molecule has 0 bridgehead atoms. The average Bonchev–Trinajstić information content (AvgIpc) is 1.10. The van der Waals surface area contributed by atoms with Crippen molar-refractivity contribution < 1.29 is 43.5 Å². The zero-order chi connectivity index (χ0) is 75.2. The van der Waals surface area contributed by atoms with Crippen molar-refractivity contribution in [1.29, 1.82) is 0 Å². The van der Waals surface area contributed by atoms with Crippen molar-refractivity contribution in [3.8, 4) is 0 Å². The number of carbonyl (C=O) groups is 2. The minimum atomic E-state index is -4.78. The van der Waals surface area contributed by atoms with Crippen LogP contribution in [0.25, 0.3) is 0 Å². The van der Waals surface area contributed by atoms with E-state index in [2.05, 4.69) is 64.3 Å². The molecule has 0 aliphatic carbocycles. The van der Waals surface area contributed by atoms with Crippen LogP contribution in [0.2, 0.25) is 0 Å². The highest BCUT2D eigenvalue weighted by Gasteiger charge is 2.49. The van der Waals surface area contributed by atoms with Crippen LogP contribution in [0.5, 0.6) is 0 Å². The summed E-state index contributed by atoms with van der Waals surface area (Å²) in [7, 11) is -7.86. The number of nitrogens with one attached hydrogen (secondary N) is 2. The molecule has 0 aromatic carbocycles. The van der Waals surface area contributed by atoms with E-state index in [0.29, 0.717) is 51.9 Å². The van der Waals surface area contributed by atoms with Crippen molar-refractivity contribution in [3.05, 3.63) is 0 Å². The number of rotatable bonds is 73. The number of carbonyl (C=O) groups excluding carboxylic acids is 2. The maximum atomic E-state index is 13.1. The van der Waals surface area contributed by atoms with E-state index in [1.807, 2.05) is 13.8 Å². The van der Waals surface area contributed by atoms with Crippen LogP contribution in [0.3, 0.4) is 0 Å². The summed E-state index contributed by atoms with van der Waals surface area (Å²) in [6.45, 7) is 19.2. The molecular formula is C84H168N6O10S2. The first-order chi connectivity index (χ1) is 49.5. The SMILES string of the molecule is CCCCCCCCCCCCCCCC(=O)NC(C)C(OS(=O)(=O)OC)N1C=NCC1.CCCCCCCCCCCCCCCCC.CCCCCCCCCCCCCCCCCC(=O)NC(C)C(CC)(OS(=O)(=O)O)C(CCCCCCCCCCCCCCCCC)N1C=NCC1. The standard InChI is InChI=1S/C44H87N3O5S.C23H45N3O5S.C17H36/c1-5-8-10-12-14-16-18-20-22-24-26-28-30-32-34-36-42(47-39-38-45-40-47)44(7-3,52-53(49,50)51)41(4)46-43(48)37-35-33-31-29-27-25-23-21-19-17-15-13-11-9-6-2;1-4-5-6-7-8-9-10-11-12-13-14-15-16-17-22(27)25-21(2)23(26-19-18-24-20-26)31-32(28,29)30-3;1-3-5-7-9-11-13-15-17-16-14-12-10-8-6-4-2/h40-42H,5-39H2,1-4H3,(H,46,48)(H,49,50,51);20-21,23H,4-19H2,1-3H3,(H,25,27);3-17H2,1-2H3. The number of hydrogen-bond acceptors (Lipinski definition) is 13. The molecule has 0 radical (unpaired) electrons. The van der Waals surface area contributed by atoms with Crippen LogP contribution in [0.1, 0.15) is 453 Å². The Hall–Kier alpha value is -2.38. The van der Waals surface area contributed by atoms with Gasteiger partial charge in [-0.05, 0) is 39.5 Å². The first-order valence-electron chi connectivity index (χ1n) is 43.8. The maximum absolute atomic E-state index is 13.1. The van der Waals surface area contributed by atoms with Crippen molar-refractivity contribution in [2.45, 2.75) is 483 Å². The lowest BCUT2D eigenvalue weighted by atomic mass is 9.80. The zero-order valence-corrected chi connectivity index (χ0v) is 70.0. The summed E-state index contributed by atoms with van der Waals surface area (Å²) in [4.78, 5) is 37.7. The van der Waals surface area contributed by atoms with Gasteiger partial charge in [-0.3, -0.25) is 28.3 Å². The number of nitrogens with zero attached hydrogens (tertiary/aromatic N) is 4. The van der Waals surface area contributed by atoms with E-state index in [0.717, 1.165) is 64.9 Å². The van der Waals surface area contributed by atoms with Gasteiger partial charge >= 0.3 is 20.8 Å². The van der Waals surface area contributed by atoms with Gasteiger partial charge in [0.1, 0.15) is 5.60 Å². The van der Waals surface area contributed by atoms with Crippen LogP contribution < -0.4 is 10.6 Å². The van der Waals surface area contributed by atoms with Gasteiger partial charge in [-0.15, -0.1) is 0 Å². The summed E-state index contributed by atoms with van der Waals surface area (Å²) in [5, 5.41) is 5.95. The minimum Gasteiger partial charge on any atom is -0.355 e. The molecule has 2 aliphatic rings. The lowest BCUT2D eigenvalue weighted by molar-refractivity contribution is -0.125. The molecule has 0 saturated heterocycles. The quantitative estimate of drug-likeness (QED) is 0.0384. The second-order valence-electron chi connectivity index (χ2n) is 30.6. The van der Waals surface area contributed by atoms with Crippen LogP contribution in [-0.2, 0) is 42.9 Å². The molecule has 18 heteroatoms. The molecule has 606 valence electrons. The first kappa shape index (κ1) is 99.6. The van der Waals surface area contributed by atoms with Crippen molar-refractivity contribution in [2.24, 2.45) is 9.98 Å². The molecule has 0 fully saturated rings. The van der Waals surface area contributed by atoms with E-state index >= 15 is 0 Å². The van der Waals surface area contributed by atoms with Crippen molar-refractivity contribution >= 4 is 45.3 Å². The predicted octanol–water partition coefficient (Wildman–Crippen LogP) is 24.1. The maximum Gasteiger partial charge on any atom is 0.401 e. The summed E-state index contributed by atoms with van der Waals surface area (Å²) in [5.74, 6) is -0.190. The second kappa shape index (κ2) is 71.5. The monoisotopic (exact) mass is 1490 g/mol. The smallest absolute Gasteiger partial charge is 0.355 e. The fourth-order valence-electron chi connectivity index (χ4n) is 14.7. The van der Waals surface area contributed by atoms with Gasteiger partial charge in [0.25, 0.3) is 0 Å². The molecule has 0 saturated carbocycles. The Morgan fingerprint density at radius 3 is 0.931 bits per heavy atom. The largest absolute Gasteiger partial charge is 0.401 e. The Morgan fingerprint density at radius 1 is 0.412 bits per heavy atom. The molecule has 102 heavy (non-hydrogen) atoms. The van der Waals surface area contributed by atoms with Gasteiger partial charge in [0.15, 0.2) is 6.23 Å². The number of aliphatic imine (C=N–C) groups is 2. The summed E-state index contributed by atoms with van der Waals surface area (Å²) >= 11 is 0. The fraction of sp³-hybridized carbons (Fsp3) is 0.952. The van der Waals surface area contributed by atoms with E-state index in [1.165, 1.54) is 315 Å². The summed E-state index contributed by atoms with van der Waals surface area (Å²) in [6, 6.07) is -1.49. The van der Waals surface area contributed by atoms with Gasteiger partial charge in [0.2, 0.25) is 11.8 Å². The number of hydrogen-bond donors (Lipinski definition) is 3. The van der Waals surface area contributed by atoms with Crippen LogP contribution in [0.15, 0.2) is 9.98 Å². The van der Waals surface area contributed by atoms with E-state index in [-0.39, 0.29) is 17.9 Å². The highest BCUT2D eigenvalue weighted by molar-refractivity contribution is 7.81. The van der Waals surface area contributed by atoms with Gasteiger partial charge in [-0.25, -0.2) is 8.37 Å². The van der Waals surface area contributed by atoms with Gasteiger partial charge in [-0.2, -0.15) is 16.8 Å². The third-order valence-electron chi connectivity index (χ3n) is 21.2. The van der Waals surface area contributed by atoms with Gasteiger partial charge in [0, 0.05) is 25.9 Å². The molecule has 2 aliphatic heterocycles. The lowest BCUT2D eigenvalue weighted by Crippen LogP contribution is -2.64. The van der Waals surface area contributed by atoms with Crippen molar-refractivity contribution in [2.75, 3.05) is 33.3 Å². The van der Waals surface area contributed by atoms with Crippen molar-refractivity contribution in [1.82, 2.24) is 20.4 Å². The van der Waals surface area contributed by atoms with Crippen LogP contribution in [0.4, 0.5) is 0 Å². The Bertz CT molecular complexity index is 2130. The molecule has 0 aromatic heterocycles. The molecule has 0 spiro atoms.